The van der Waals surface area contributed by atoms with E-state index >= 15 is 0 Å². The van der Waals surface area contributed by atoms with Crippen LogP contribution in [0.4, 0.5) is 5.69 Å². The van der Waals surface area contributed by atoms with E-state index in [0.29, 0.717) is 6.42 Å². The molecule has 6 heteroatoms. The molecule has 0 saturated carbocycles. The molecule has 1 aliphatic rings. The van der Waals surface area contributed by atoms with Gasteiger partial charge in [0.1, 0.15) is 10.2 Å². The number of allylic oxidation sites excluding steroid dienone is 2. The molecular formula is C11H12ClNO4. The van der Waals surface area contributed by atoms with E-state index in [0.717, 1.165) is 16.8 Å². The fourth-order valence-corrected chi connectivity index (χ4v) is 1.90. The molecule has 1 aromatic carbocycles. The summed E-state index contributed by atoms with van der Waals surface area (Å²) >= 11 is 0. The number of nitrogens with zero attached hydrogens (tertiary/aromatic N) is 1. The summed E-state index contributed by atoms with van der Waals surface area (Å²) in [7, 11) is -0.504. The van der Waals surface area contributed by atoms with Crippen molar-refractivity contribution in [1.29, 1.82) is 0 Å². The first-order valence-corrected chi connectivity index (χ1v) is 6.20. The summed E-state index contributed by atoms with van der Waals surface area (Å²) in [6.45, 7) is 0. The maximum atomic E-state index is 10.4. The van der Waals surface area contributed by atoms with Crippen molar-refractivity contribution < 1.29 is 28.5 Å². The molecule has 5 nitrogen and oxygen atoms in total. The molecule has 0 unspecified atom stereocenters. The molecule has 0 N–H and O–H groups in total. The van der Waals surface area contributed by atoms with Crippen molar-refractivity contribution in [2.45, 2.75) is 6.42 Å². The summed E-state index contributed by atoms with van der Waals surface area (Å²) in [5.41, 5.74) is 2.69. The predicted octanol–water partition coefficient (Wildman–Crippen LogP) is -1.22. The summed E-state index contributed by atoms with van der Waals surface area (Å²) in [6, 6.07) is 7.58. The smallest absolute Gasteiger partial charge is 0.273 e. The second-order valence-electron chi connectivity index (χ2n) is 3.97. The minimum absolute atomic E-state index is 0.235. The summed E-state index contributed by atoms with van der Waals surface area (Å²) in [4.78, 5) is 1.96. The number of anilines is 1. The van der Waals surface area contributed by atoms with Crippen molar-refractivity contribution in [3.8, 4) is 0 Å². The molecule has 0 spiro atoms. The van der Waals surface area contributed by atoms with Crippen LogP contribution in [0.25, 0.3) is 5.57 Å². The molecule has 0 radical (unpaired) electrons. The van der Waals surface area contributed by atoms with Gasteiger partial charge in [0.2, 0.25) is 0 Å². The third-order valence-corrected chi connectivity index (χ3v) is 2.84. The van der Waals surface area contributed by atoms with Gasteiger partial charge in [0.25, 0.3) is 5.76 Å². The summed E-state index contributed by atoms with van der Waals surface area (Å²) in [5.74, 6) is 0.235. The van der Waals surface area contributed by atoms with Gasteiger partial charge in [-0.25, -0.2) is 0 Å². The van der Waals surface area contributed by atoms with E-state index in [1.807, 2.05) is 43.3 Å². The van der Waals surface area contributed by atoms with Gasteiger partial charge in [-0.1, -0.05) is 16.4 Å². The van der Waals surface area contributed by atoms with E-state index in [2.05, 4.69) is 4.29 Å². The van der Waals surface area contributed by atoms with Crippen molar-refractivity contribution in [2.24, 2.45) is 0 Å². The van der Waals surface area contributed by atoms with Crippen LogP contribution >= 0.6 is 0 Å². The standard InChI is InChI=1S/C11H12ClNO4/c1-13(2)9-5-3-8(4-6-9)10-7-11(10)17-12(14,15)16/h3-6H,7H2,1-2H3. The zero-order chi connectivity index (χ0) is 12.6. The molecule has 0 bridgehead atoms. The van der Waals surface area contributed by atoms with E-state index in [-0.39, 0.29) is 5.76 Å². The lowest BCUT2D eigenvalue weighted by molar-refractivity contribution is -1.92. The zero-order valence-corrected chi connectivity index (χ0v) is 10.2. The van der Waals surface area contributed by atoms with Crippen LogP contribution in [0.5, 0.6) is 0 Å². The molecule has 92 valence electrons. The molecule has 1 aromatic rings. The molecular weight excluding hydrogens is 246 g/mol. The van der Waals surface area contributed by atoms with Gasteiger partial charge in [-0.3, -0.25) is 0 Å². The number of rotatable bonds is 4. The van der Waals surface area contributed by atoms with Gasteiger partial charge >= 0.3 is 0 Å². The molecule has 0 aromatic heterocycles. The Hall–Kier alpha value is -1.27. The first-order valence-electron chi connectivity index (χ1n) is 4.97. The predicted molar refractivity (Wildman–Crippen MR) is 53.4 cm³/mol. The third-order valence-electron chi connectivity index (χ3n) is 2.47. The molecule has 0 saturated heterocycles. The number of hydrogen-bond donors (Lipinski definition) is 0. The Morgan fingerprint density at radius 1 is 1.12 bits per heavy atom. The third kappa shape index (κ3) is 3.10. The van der Waals surface area contributed by atoms with Crippen LogP contribution in [0, 0.1) is 10.2 Å². The zero-order valence-electron chi connectivity index (χ0n) is 9.47. The SMILES string of the molecule is CN(C)c1ccc(C2=C(O[Cl+3]([O-])([O-])[O-])C2)cc1. The summed E-state index contributed by atoms with van der Waals surface area (Å²) < 4.78 is 35.3. The lowest BCUT2D eigenvalue weighted by Crippen LogP contribution is -2.60. The average Bonchev–Trinajstić information content (AvgIpc) is 2.94. The Bertz CT molecular complexity index is 448. The fourth-order valence-electron chi connectivity index (χ4n) is 1.53. The molecule has 0 atom stereocenters. The van der Waals surface area contributed by atoms with Gasteiger partial charge in [-0.15, -0.1) is 0 Å². The van der Waals surface area contributed by atoms with E-state index in [1.54, 1.807) is 0 Å². The van der Waals surface area contributed by atoms with Crippen LogP contribution in [-0.4, -0.2) is 14.1 Å². The van der Waals surface area contributed by atoms with Crippen molar-refractivity contribution >= 4 is 11.3 Å². The minimum Gasteiger partial charge on any atom is -0.378 e. The van der Waals surface area contributed by atoms with Gasteiger partial charge in [-0.2, -0.15) is 14.0 Å². The molecule has 0 heterocycles. The lowest BCUT2D eigenvalue weighted by Gasteiger charge is -2.11. The highest BCUT2D eigenvalue weighted by Gasteiger charge is 2.37. The van der Waals surface area contributed by atoms with Gasteiger partial charge in [-0.05, 0) is 17.7 Å². The van der Waals surface area contributed by atoms with Crippen LogP contribution in [-0.2, 0) is 4.29 Å². The van der Waals surface area contributed by atoms with Crippen LogP contribution in [0.1, 0.15) is 12.0 Å². The molecule has 0 fully saturated rings. The van der Waals surface area contributed by atoms with Crippen LogP contribution < -0.4 is 18.9 Å². The Morgan fingerprint density at radius 2 is 1.71 bits per heavy atom. The number of hydrogen-bond acceptors (Lipinski definition) is 5. The second kappa shape index (κ2) is 4.19. The van der Waals surface area contributed by atoms with Crippen molar-refractivity contribution in [3.05, 3.63) is 35.6 Å². The van der Waals surface area contributed by atoms with E-state index < -0.39 is 10.2 Å². The average molecular weight is 258 g/mol. The quantitative estimate of drug-likeness (QED) is 0.675. The number of halogens is 1. The Balaban J connectivity index is 2.10. The van der Waals surface area contributed by atoms with Crippen LogP contribution in [0.15, 0.2) is 30.0 Å². The highest BCUT2D eigenvalue weighted by Crippen LogP contribution is 2.41. The molecule has 2 rings (SSSR count). The lowest BCUT2D eigenvalue weighted by atomic mass is 10.1. The van der Waals surface area contributed by atoms with Crippen molar-refractivity contribution in [2.75, 3.05) is 19.0 Å². The van der Waals surface area contributed by atoms with E-state index in [4.69, 9.17) is 0 Å². The molecule has 1 aliphatic carbocycles. The molecule has 0 amide bonds. The number of benzene rings is 1. The van der Waals surface area contributed by atoms with Gasteiger partial charge < -0.3 is 4.90 Å². The Labute approximate surface area is 101 Å². The highest BCUT2D eigenvalue weighted by atomic mass is 35.7. The topological polar surface area (TPSA) is 81.7 Å². The first-order chi connectivity index (χ1) is 7.87. The van der Waals surface area contributed by atoms with E-state index in [1.165, 1.54) is 0 Å². The monoisotopic (exact) mass is 257 g/mol. The summed E-state index contributed by atoms with van der Waals surface area (Å²) in [5, 5.41) is 0. The fraction of sp³-hybridized carbons (Fsp3) is 0.273. The molecule has 0 aliphatic heterocycles. The maximum absolute atomic E-state index is 10.4. The van der Waals surface area contributed by atoms with Crippen LogP contribution in [0.2, 0.25) is 0 Å². The maximum Gasteiger partial charge on any atom is 0.273 e. The van der Waals surface area contributed by atoms with Crippen molar-refractivity contribution in [3.63, 3.8) is 0 Å². The second-order valence-corrected chi connectivity index (χ2v) is 4.89. The van der Waals surface area contributed by atoms with Gasteiger partial charge in [0.15, 0.2) is 0 Å². The van der Waals surface area contributed by atoms with Crippen molar-refractivity contribution in [1.82, 2.24) is 0 Å². The Kier molecular flexibility index (Phi) is 3.01. The van der Waals surface area contributed by atoms with Crippen LogP contribution in [0.3, 0.4) is 0 Å². The minimum atomic E-state index is -4.37. The van der Waals surface area contributed by atoms with Gasteiger partial charge in [0.05, 0.1) is 6.42 Å². The highest BCUT2D eigenvalue weighted by molar-refractivity contribution is 5.81. The normalized spacial score (nSPS) is 14.9. The van der Waals surface area contributed by atoms with E-state index in [9.17, 15) is 14.0 Å². The Morgan fingerprint density at radius 3 is 2.18 bits per heavy atom. The largest absolute Gasteiger partial charge is 0.378 e. The van der Waals surface area contributed by atoms with Gasteiger partial charge in [0, 0.05) is 25.4 Å². The molecule has 17 heavy (non-hydrogen) atoms. The first kappa shape index (κ1) is 12.2. The summed E-state index contributed by atoms with van der Waals surface area (Å²) in [6.07, 6.45) is 0.412.